The van der Waals surface area contributed by atoms with Crippen molar-refractivity contribution in [1.29, 1.82) is 0 Å². The summed E-state index contributed by atoms with van der Waals surface area (Å²) in [6, 6.07) is 5.02. The van der Waals surface area contributed by atoms with Crippen molar-refractivity contribution in [3.05, 3.63) is 29.8 Å². The third kappa shape index (κ3) is 5.96. The van der Waals surface area contributed by atoms with Crippen LogP contribution in [0.25, 0.3) is 0 Å². The summed E-state index contributed by atoms with van der Waals surface area (Å²) in [6.07, 6.45) is -3.81. The van der Waals surface area contributed by atoms with Crippen molar-refractivity contribution >= 4 is 30.3 Å². The Labute approximate surface area is 191 Å². The van der Waals surface area contributed by atoms with Gasteiger partial charge in [-0.05, 0) is 37.2 Å². The number of ether oxygens (including phenoxy) is 2. The van der Waals surface area contributed by atoms with Crippen LogP contribution in [0.4, 0.5) is 0 Å². The van der Waals surface area contributed by atoms with Crippen molar-refractivity contribution in [2.45, 2.75) is 82.2 Å². The van der Waals surface area contributed by atoms with Crippen LogP contribution in [0.1, 0.15) is 33.3 Å². The minimum absolute atomic E-state index is 0.0581. The first-order valence-corrected chi connectivity index (χ1v) is 14.6. The highest BCUT2D eigenvalue weighted by atomic mass is 32.2. The standard InChI is InChI=1S/C21H33NO8SSi/c1-13-9-11-15(12-10-13)31(25,26)29-18-16(22-14(2)23)17(19(24)27-6)28-20(18)30-32(7,8)21(3,4)5/h9-12,16-18,20H,1-8H3,(H,22,23)/t16-,17-,18+,20+/m0/s1. The molecule has 32 heavy (non-hydrogen) atoms. The van der Waals surface area contributed by atoms with E-state index in [-0.39, 0.29) is 9.93 Å². The van der Waals surface area contributed by atoms with E-state index in [9.17, 15) is 18.0 Å². The number of nitrogens with one attached hydrogen (secondary N) is 1. The molecule has 1 saturated heterocycles. The molecule has 1 heterocycles. The van der Waals surface area contributed by atoms with Crippen LogP contribution in [0.15, 0.2) is 29.2 Å². The molecule has 4 atom stereocenters. The maximum Gasteiger partial charge on any atom is 0.337 e. The zero-order valence-corrected chi connectivity index (χ0v) is 21.6. The van der Waals surface area contributed by atoms with E-state index in [2.05, 4.69) is 5.32 Å². The highest BCUT2D eigenvalue weighted by molar-refractivity contribution is 7.86. The number of carbonyl (C=O) groups excluding carboxylic acids is 2. The third-order valence-corrected chi connectivity index (χ3v) is 11.6. The molecule has 1 amide bonds. The number of aryl methyl sites for hydroxylation is 1. The zero-order valence-electron chi connectivity index (χ0n) is 19.8. The molecule has 0 spiro atoms. The summed E-state index contributed by atoms with van der Waals surface area (Å²) in [5, 5.41) is 2.34. The van der Waals surface area contributed by atoms with Crippen molar-refractivity contribution < 1.29 is 36.1 Å². The van der Waals surface area contributed by atoms with E-state index < -0.39 is 54.9 Å². The Morgan fingerprint density at radius 2 is 1.69 bits per heavy atom. The average Bonchev–Trinajstić information content (AvgIpc) is 2.96. The molecule has 180 valence electrons. The minimum atomic E-state index is -4.26. The summed E-state index contributed by atoms with van der Waals surface area (Å²) in [4.78, 5) is 24.2. The van der Waals surface area contributed by atoms with Crippen LogP contribution in [0.3, 0.4) is 0 Å². The predicted molar refractivity (Wildman–Crippen MR) is 120 cm³/mol. The van der Waals surface area contributed by atoms with Crippen molar-refractivity contribution in [2.24, 2.45) is 0 Å². The highest BCUT2D eigenvalue weighted by Gasteiger charge is 2.55. The number of carbonyl (C=O) groups is 2. The summed E-state index contributed by atoms with van der Waals surface area (Å²) < 4.78 is 48.5. The number of rotatable bonds is 7. The molecule has 1 aromatic carbocycles. The van der Waals surface area contributed by atoms with Gasteiger partial charge in [0.05, 0.1) is 18.0 Å². The number of esters is 1. The Kier molecular flexibility index (Phi) is 7.94. The van der Waals surface area contributed by atoms with Gasteiger partial charge in [-0.3, -0.25) is 8.98 Å². The van der Waals surface area contributed by atoms with Gasteiger partial charge in [-0.1, -0.05) is 38.5 Å². The van der Waals surface area contributed by atoms with Crippen molar-refractivity contribution in [3.63, 3.8) is 0 Å². The van der Waals surface area contributed by atoms with Gasteiger partial charge in [0.2, 0.25) is 5.91 Å². The topological polar surface area (TPSA) is 117 Å². The molecule has 0 radical (unpaired) electrons. The minimum Gasteiger partial charge on any atom is -0.467 e. The summed E-state index contributed by atoms with van der Waals surface area (Å²) >= 11 is 0. The number of hydrogen-bond donors (Lipinski definition) is 1. The fourth-order valence-electron chi connectivity index (χ4n) is 2.93. The molecular weight excluding hydrogens is 454 g/mol. The third-order valence-electron chi connectivity index (χ3n) is 5.80. The second kappa shape index (κ2) is 9.60. The zero-order chi connectivity index (χ0) is 24.5. The van der Waals surface area contributed by atoms with E-state index in [0.29, 0.717) is 0 Å². The molecule has 1 fully saturated rings. The SMILES string of the molecule is COC(=O)[C@H]1O[C@H](O[Si](C)(C)C(C)(C)C)[C@H](OS(=O)(=O)c2ccc(C)cc2)[C@H]1NC(C)=O. The van der Waals surface area contributed by atoms with Crippen molar-refractivity contribution in [2.75, 3.05) is 7.11 Å². The van der Waals surface area contributed by atoms with E-state index in [0.717, 1.165) is 5.56 Å². The molecule has 0 saturated carbocycles. The van der Waals surface area contributed by atoms with Crippen LogP contribution >= 0.6 is 0 Å². The van der Waals surface area contributed by atoms with Crippen LogP contribution in [0, 0.1) is 6.92 Å². The summed E-state index contributed by atoms with van der Waals surface area (Å²) in [5.74, 6) is -1.26. The van der Waals surface area contributed by atoms with Gasteiger partial charge in [0.1, 0.15) is 0 Å². The molecule has 0 aliphatic carbocycles. The molecule has 0 unspecified atom stereocenters. The predicted octanol–water partition coefficient (Wildman–Crippen LogP) is 2.49. The van der Waals surface area contributed by atoms with Gasteiger partial charge in [-0.25, -0.2) is 4.79 Å². The summed E-state index contributed by atoms with van der Waals surface area (Å²) in [5.41, 5.74) is 0.883. The highest BCUT2D eigenvalue weighted by Crippen LogP contribution is 2.40. The first-order chi connectivity index (χ1) is 14.6. The Hall–Kier alpha value is -1.79. The van der Waals surface area contributed by atoms with Crippen LogP contribution in [-0.4, -0.2) is 60.3 Å². The molecule has 1 aromatic rings. The van der Waals surface area contributed by atoms with Gasteiger partial charge in [-0.15, -0.1) is 0 Å². The number of benzene rings is 1. The Bertz CT molecular complexity index is 940. The fraction of sp³-hybridized carbons (Fsp3) is 0.619. The molecule has 1 N–H and O–H groups in total. The van der Waals surface area contributed by atoms with Gasteiger partial charge in [-0.2, -0.15) is 8.42 Å². The Morgan fingerprint density at radius 1 is 1.12 bits per heavy atom. The smallest absolute Gasteiger partial charge is 0.337 e. The van der Waals surface area contributed by atoms with E-state index in [1.807, 2.05) is 40.8 Å². The van der Waals surface area contributed by atoms with E-state index in [1.54, 1.807) is 12.1 Å². The number of amides is 1. The lowest BCUT2D eigenvalue weighted by molar-refractivity contribution is -0.164. The normalized spacial score (nSPS) is 24.2. The van der Waals surface area contributed by atoms with Gasteiger partial charge < -0.3 is 19.2 Å². The lowest BCUT2D eigenvalue weighted by Gasteiger charge is -2.39. The second-order valence-electron chi connectivity index (χ2n) is 9.38. The van der Waals surface area contributed by atoms with Gasteiger partial charge in [0.15, 0.2) is 26.8 Å². The first kappa shape index (κ1) is 26.5. The van der Waals surface area contributed by atoms with Gasteiger partial charge >= 0.3 is 5.97 Å². The quantitative estimate of drug-likeness (QED) is 0.354. The van der Waals surface area contributed by atoms with Gasteiger partial charge in [0.25, 0.3) is 10.1 Å². The van der Waals surface area contributed by atoms with E-state index in [1.165, 1.54) is 26.2 Å². The lowest BCUT2D eigenvalue weighted by Crippen LogP contribution is -2.53. The fourth-order valence-corrected chi connectivity index (χ4v) is 5.14. The van der Waals surface area contributed by atoms with Crippen molar-refractivity contribution in [1.82, 2.24) is 5.32 Å². The Balaban J connectivity index is 2.48. The average molecular weight is 488 g/mol. The first-order valence-electron chi connectivity index (χ1n) is 10.3. The maximum absolute atomic E-state index is 13.0. The Morgan fingerprint density at radius 3 is 2.16 bits per heavy atom. The molecule has 0 aromatic heterocycles. The number of hydrogen-bond acceptors (Lipinski definition) is 8. The summed E-state index contributed by atoms with van der Waals surface area (Å²) in [7, 11) is -5.56. The molecule has 2 rings (SSSR count). The van der Waals surface area contributed by atoms with Crippen LogP contribution in [-0.2, 0) is 37.8 Å². The van der Waals surface area contributed by atoms with E-state index in [4.69, 9.17) is 18.1 Å². The van der Waals surface area contributed by atoms with Gasteiger partial charge in [0, 0.05) is 6.92 Å². The van der Waals surface area contributed by atoms with E-state index >= 15 is 0 Å². The molecule has 9 nitrogen and oxygen atoms in total. The number of methoxy groups -OCH3 is 1. The van der Waals surface area contributed by atoms with Crippen LogP contribution in [0.2, 0.25) is 18.1 Å². The molecular formula is C21H33NO8SSi. The van der Waals surface area contributed by atoms with Crippen LogP contribution in [0.5, 0.6) is 0 Å². The largest absolute Gasteiger partial charge is 0.467 e. The summed E-state index contributed by atoms with van der Waals surface area (Å²) in [6.45, 7) is 13.0. The lowest BCUT2D eigenvalue weighted by atomic mass is 10.1. The maximum atomic E-state index is 13.0. The molecule has 0 bridgehead atoms. The molecule has 11 heteroatoms. The second-order valence-corrected chi connectivity index (χ2v) is 15.7. The monoisotopic (exact) mass is 487 g/mol. The van der Waals surface area contributed by atoms with Crippen molar-refractivity contribution in [3.8, 4) is 0 Å². The van der Waals surface area contributed by atoms with Crippen LogP contribution < -0.4 is 5.32 Å². The molecule has 1 aliphatic heterocycles. The molecule has 1 aliphatic rings.